The number of hydrogen-bond donors (Lipinski definition) is 3. The average molecular weight is 333 g/mol. The van der Waals surface area contributed by atoms with Crippen molar-refractivity contribution in [3.63, 3.8) is 0 Å². The summed E-state index contributed by atoms with van der Waals surface area (Å²) in [5, 5.41) is 3.13. The Balaban J connectivity index is 1.39. The Hall–Kier alpha value is -1.53. The zero-order chi connectivity index (χ0) is 16.1. The van der Waals surface area contributed by atoms with Crippen LogP contribution in [0.2, 0.25) is 0 Å². The molecule has 3 rings (SSSR count). The Morgan fingerprint density at radius 1 is 1.26 bits per heavy atom. The number of thioether (sulfide) groups is 1. The van der Waals surface area contributed by atoms with Gasteiger partial charge in [0.2, 0.25) is 11.8 Å². The van der Waals surface area contributed by atoms with Crippen molar-refractivity contribution in [2.45, 2.75) is 43.5 Å². The van der Waals surface area contributed by atoms with Crippen LogP contribution in [0.3, 0.4) is 0 Å². The van der Waals surface area contributed by atoms with Gasteiger partial charge in [0.25, 0.3) is 0 Å². The number of benzene rings is 1. The minimum atomic E-state index is 0.0524. The number of carbonyl (C=O) groups excluding carboxylic acids is 2. The van der Waals surface area contributed by atoms with Crippen LogP contribution in [0.15, 0.2) is 30.3 Å². The normalized spacial score (nSPS) is 27.0. The molecule has 124 valence electrons. The lowest BCUT2D eigenvalue weighted by molar-refractivity contribution is -0.126. The zero-order valence-corrected chi connectivity index (χ0v) is 13.9. The van der Waals surface area contributed by atoms with Crippen molar-refractivity contribution in [3.8, 4) is 0 Å². The molecule has 1 heterocycles. The molecule has 2 amide bonds. The molecule has 0 radical (unpaired) electrons. The monoisotopic (exact) mass is 333 g/mol. The zero-order valence-electron chi connectivity index (χ0n) is 13.1. The van der Waals surface area contributed by atoms with Crippen molar-refractivity contribution < 1.29 is 9.59 Å². The van der Waals surface area contributed by atoms with Gasteiger partial charge in [0, 0.05) is 24.3 Å². The Bertz CT molecular complexity index is 552. The maximum absolute atomic E-state index is 12.1. The van der Waals surface area contributed by atoms with Crippen LogP contribution in [0.4, 0.5) is 0 Å². The van der Waals surface area contributed by atoms with Gasteiger partial charge < -0.3 is 5.32 Å². The summed E-state index contributed by atoms with van der Waals surface area (Å²) in [6.45, 7) is 0. The molecule has 3 unspecified atom stereocenters. The smallest absolute Gasteiger partial charge is 0.234 e. The van der Waals surface area contributed by atoms with Crippen LogP contribution in [-0.4, -0.2) is 29.7 Å². The molecule has 1 saturated heterocycles. The summed E-state index contributed by atoms with van der Waals surface area (Å²) < 4.78 is 0. The first-order chi connectivity index (χ1) is 11.2. The highest BCUT2D eigenvalue weighted by Crippen LogP contribution is 2.29. The first kappa shape index (κ1) is 16.3. The van der Waals surface area contributed by atoms with Gasteiger partial charge in [-0.05, 0) is 30.7 Å². The number of hydrogen-bond acceptors (Lipinski definition) is 4. The topological polar surface area (TPSA) is 70.2 Å². The second-order valence-electron chi connectivity index (χ2n) is 6.32. The van der Waals surface area contributed by atoms with Gasteiger partial charge in [0.1, 0.15) is 0 Å². The number of nitrogens with one attached hydrogen (secondary N) is 3. The molecule has 1 saturated carbocycles. The van der Waals surface area contributed by atoms with Crippen LogP contribution in [0.25, 0.3) is 0 Å². The van der Waals surface area contributed by atoms with Crippen molar-refractivity contribution >= 4 is 23.6 Å². The van der Waals surface area contributed by atoms with Gasteiger partial charge in [-0.25, -0.2) is 5.43 Å². The van der Waals surface area contributed by atoms with Gasteiger partial charge in [-0.2, -0.15) is 0 Å². The predicted octanol–water partition coefficient (Wildman–Crippen LogP) is 1.60. The van der Waals surface area contributed by atoms with E-state index in [2.05, 4.69) is 28.3 Å². The van der Waals surface area contributed by atoms with Gasteiger partial charge >= 0.3 is 0 Å². The molecule has 1 aromatic carbocycles. The summed E-state index contributed by atoms with van der Waals surface area (Å²) in [7, 11) is 0. The summed E-state index contributed by atoms with van der Waals surface area (Å²) in [5.41, 5.74) is 7.02. The quantitative estimate of drug-likeness (QED) is 0.765. The summed E-state index contributed by atoms with van der Waals surface area (Å²) >= 11 is 1.64. The number of carbonyl (C=O) groups is 2. The maximum atomic E-state index is 12.1. The van der Waals surface area contributed by atoms with E-state index < -0.39 is 0 Å². The highest BCUT2D eigenvalue weighted by atomic mass is 32.2. The van der Waals surface area contributed by atoms with Crippen molar-refractivity contribution in [1.82, 2.24) is 16.2 Å². The van der Waals surface area contributed by atoms with E-state index in [-0.39, 0.29) is 17.9 Å². The SMILES string of the molecule is O=C1CC2CC(NC(=O)CSCc3ccccc3)CCC2NN1. The number of amides is 2. The largest absolute Gasteiger partial charge is 0.353 e. The summed E-state index contributed by atoms with van der Waals surface area (Å²) in [6.07, 6.45) is 3.42. The lowest BCUT2D eigenvalue weighted by atomic mass is 9.79. The summed E-state index contributed by atoms with van der Waals surface area (Å²) in [5.74, 6) is 1.82. The van der Waals surface area contributed by atoms with E-state index in [0.29, 0.717) is 24.1 Å². The average Bonchev–Trinajstić information content (AvgIpc) is 2.55. The lowest BCUT2D eigenvalue weighted by Crippen LogP contribution is -2.57. The number of fused-ring (bicyclic) bond motifs is 1. The minimum absolute atomic E-state index is 0.0524. The van der Waals surface area contributed by atoms with Gasteiger partial charge in [-0.15, -0.1) is 11.8 Å². The van der Waals surface area contributed by atoms with Crippen molar-refractivity contribution in [2.75, 3.05) is 5.75 Å². The van der Waals surface area contributed by atoms with Crippen molar-refractivity contribution in [2.24, 2.45) is 5.92 Å². The molecular formula is C17H23N3O2S. The Morgan fingerprint density at radius 2 is 2.09 bits per heavy atom. The molecule has 5 nitrogen and oxygen atoms in total. The molecule has 0 bridgehead atoms. The lowest BCUT2D eigenvalue weighted by Gasteiger charge is -2.39. The van der Waals surface area contributed by atoms with Crippen molar-refractivity contribution in [1.29, 1.82) is 0 Å². The molecule has 0 spiro atoms. The van der Waals surface area contributed by atoms with Crippen LogP contribution < -0.4 is 16.2 Å². The molecule has 3 atom stereocenters. The van der Waals surface area contributed by atoms with Crippen LogP contribution in [-0.2, 0) is 15.3 Å². The molecule has 23 heavy (non-hydrogen) atoms. The summed E-state index contributed by atoms with van der Waals surface area (Å²) in [4.78, 5) is 23.6. The van der Waals surface area contributed by atoms with Gasteiger partial charge in [0.15, 0.2) is 0 Å². The van der Waals surface area contributed by atoms with E-state index in [4.69, 9.17) is 0 Å². The van der Waals surface area contributed by atoms with Crippen LogP contribution in [0.1, 0.15) is 31.2 Å². The highest BCUT2D eigenvalue weighted by Gasteiger charge is 2.35. The van der Waals surface area contributed by atoms with Gasteiger partial charge in [-0.1, -0.05) is 30.3 Å². The minimum Gasteiger partial charge on any atom is -0.353 e. The molecule has 1 aliphatic carbocycles. The number of hydrazine groups is 1. The fourth-order valence-corrected chi connectivity index (χ4v) is 4.18. The van der Waals surface area contributed by atoms with Crippen LogP contribution >= 0.6 is 11.8 Å². The predicted molar refractivity (Wildman–Crippen MR) is 91.6 cm³/mol. The fraction of sp³-hybridized carbons (Fsp3) is 0.529. The molecule has 0 aromatic heterocycles. The van der Waals surface area contributed by atoms with Gasteiger partial charge in [-0.3, -0.25) is 15.0 Å². The molecule has 3 N–H and O–H groups in total. The molecule has 1 aromatic rings. The van der Waals surface area contributed by atoms with E-state index in [9.17, 15) is 9.59 Å². The second-order valence-corrected chi connectivity index (χ2v) is 7.30. The van der Waals surface area contributed by atoms with E-state index in [0.717, 1.165) is 25.0 Å². The summed E-state index contributed by atoms with van der Waals surface area (Å²) in [6, 6.07) is 10.7. The van der Waals surface area contributed by atoms with Gasteiger partial charge in [0.05, 0.1) is 5.75 Å². The maximum Gasteiger partial charge on any atom is 0.234 e. The van der Waals surface area contributed by atoms with Crippen LogP contribution in [0.5, 0.6) is 0 Å². The van der Waals surface area contributed by atoms with E-state index in [1.165, 1.54) is 5.56 Å². The Morgan fingerprint density at radius 3 is 2.91 bits per heavy atom. The van der Waals surface area contributed by atoms with Crippen molar-refractivity contribution in [3.05, 3.63) is 35.9 Å². The standard InChI is InChI=1S/C17H23N3O2S/c21-16-9-13-8-14(6-7-15(13)19-20-16)18-17(22)11-23-10-12-4-2-1-3-5-12/h1-5,13-15,19H,6-11H2,(H,18,22)(H,20,21). The fourth-order valence-electron chi connectivity index (χ4n) is 3.38. The Labute approximate surface area is 140 Å². The highest BCUT2D eigenvalue weighted by molar-refractivity contribution is 7.99. The molecule has 2 fully saturated rings. The molecule has 1 aliphatic heterocycles. The first-order valence-corrected chi connectivity index (χ1v) is 9.31. The first-order valence-electron chi connectivity index (χ1n) is 8.16. The second kappa shape index (κ2) is 7.84. The molecule has 6 heteroatoms. The Kier molecular flexibility index (Phi) is 5.56. The number of rotatable bonds is 5. The molecule has 2 aliphatic rings. The third-order valence-corrected chi connectivity index (χ3v) is 5.54. The van der Waals surface area contributed by atoms with E-state index >= 15 is 0 Å². The molecular weight excluding hydrogens is 310 g/mol. The van der Waals surface area contributed by atoms with Crippen LogP contribution in [0, 0.1) is 5.92 Å². The third-order valence-electron chi connectivity index (χ3n) is 4.54. The van der Waals surface area contributed by atoms with E-state index in [1.54, 1.807) is 11.8 Å². The third kappa shape index (κ3) is 4.72. The van der Waals surface area contributed by atoms with E-state index in [1.807, 2.05) is 18.2 Å².